The summed E-state index contributed by atoms with van der Waals surface area (Å²) in [6.45, 7) is 47.1. The molecular weight excluding hydrogens is 1120 g/mol. The second-order valence-corrected chi connectivity index (χ2v) is 26.8. The fourth-order valence-corrected chi connectivity index (χ4v) is 7.11. The Morgan fingerprint density at radius 2 is 0.397 bits per heavy atom. The Balaban J connectivity index is 0.000000943. The van der Waals surface area contributed by atoms with Gasteiger partial charge in [0.05, 0.1) is 22.3 Å². The minimum Gasteiger partial charge on any atom is -0.872 e. The van der Waals surface area contributed by atoms with Gasteiger partial charge >= 0.3 is 23.9 Å². The van der Waals surface area contributed by atoms with E-state index >= 15 is 0 Å². The van der Waals surface area contributed by atoms with Crippen LogP contribution in [0.3, 0.4) is 0 Å². The van der Waals surface area contributed by atoms with Gasteiger partial charge < -0.3 is 40.9 Å². The maximum absolute atomic E-state index is 12.2. The van der Waals surface area contributed by atoms with Crippen molar-refractivity contribution >= 4 is 51.2 Å². The zero-order valence-corrected chi connectivity index (χ0v) is 52.1. The van der Waals surface area contributed by atoms with E-state index < -0.39 is 23.9 Å². The molecule has 13 heteroatoms. The first-order valence-electron chi connectivity index (χ1n) is 24.1. The zero-order valence-electron chi connectivity index (χ0n) is 48.2. The molecule has 0 aliphatic heterocycles. The standard InChI is InChI=1S/4C15H22O3.Pb/c4*1-14(2,3)9-7-10(13(17)18)12(16)11(8-9)15(4,5)6;/h4*7-8,16H,1-6H3,(H,17,18);/p-4. The number of rotatable bonds is 4. The summed E-state index contributed by atoms with van der Waals surface area (Å²) in [7, 11) is 0. The van der Waals surface area contributed by atoms with Crippen LogP contribution in [-0.4, -0.2) is 71.6 Å². The predicted molar refractivity (Wildman–Crippen MR) is 287 cm³/mol. The van der Waals surface area contributed by atoms with Gasteiger partial charge in [0.25, 0.3) is 0 Å². The van der Waals surface area contributed by atoms with E-state index in [9.17, 15) is 39.6 Å². The van der Waals surface area contributed by atoms with Crippen LogP contribution in [-0.2, 0) is 43.3 Å². The molecule has 4 rings (SSSR count). The van der Waals surface area contributed by atoms with E-state index in [2.05, 4.69) is 0 Å². The molecule has 0 amide bonds. The normalized spacial score (nSPS) is 12.4. The van der Waals surface area contributed by atoms with Crippen molar-refractivity contribution in [3.05, 3.63) is 115 Å². The third kappa shape index (κ3) is 18.6. The molecule has 0 saturated carbocycles. The second-order valence-electron chi connectivity index (χ2n) is 26.8. The van der Waals surface area contributed by atoms with E-state index in [1.54, 1.807) is 0 Å². The average molecular weight is 1200 g/mol. The van der Waals surface area contributed by atoms with Crippen molar-refractivity contribution < 1.29 is 60.0 Å². The summed E-state index contributed by atoms with van der Waals surface area (Å²) in [5.74, 6) is -6.11. The maximum Gasteiger partial charge on any atom is 0.335 e. The van der Waals surface area contributed by atoms with Gasteiger partial charge in [-0.1, -0.05) is 213 Å². The van der Waals surface area contributed by atoms with Gasteiger partial charge in [0, 0.05) is 27.3 Å². The Morgan fingerprint density at radius 3 is 0.479 bits per heavy atom. The first kappa shape index (κ1) is 67.9. The third-order valence-electron chi connectivity index (χ3n) is 12.0. The Hall–Kier alpha value is -5.12. The van der Waals surface area contributed by atoms with Crippen molar-refractivity contribution in [1.82, 2.24) is 0 Å². The van der Waals surface area contributed by atoms with Crippen LogP contribution in [0.15, 0.2) is 48.5 Å². The number of carboxylic acids is 4. The van der Waals surface area contributed by atoms with Gasteiger partial charge in [-0.3, -0.25) is 0 Å². The Labute approximate surface area is 456 Å². The summed E-state index contributed by atoms with van der Waals surface area (Å²) in [5, 5.41) is 85.2. The molecular formula is C60H84O12Pb-4. The van der Waals surface area contributed by atoms with E-state index in [4.69, 9.17) is 20.4 Å². The molecule has 0 bridgehead atoms. The monoisotopic (exact) mass is 1200 g/mol. The number of carboxylic acid groups (broad SMARTS) is 4. The topological polar surface area (TPSA) is 241 Å². The van der Waals surface area contributed by atoms with Crippen molar-refractivity contribution in [2.75, 3.05) is 0 Å². The van der Waals surface area contributed by atoms with E-state index in [0.717, 1.165) is 22.3 Å². The van der Waals surface area contributed by atoms with Crippen LogP contribution in [0.1, 0.15) is 252 Å². The van der Waals surface area contributed by atoms with Crippen molar-refractivity contribution in [3.63, 3.8) is 0 Å². The summed E-state index contributed by atoms with van der Waals surface area (Å²) in [5.41, 5.74) is 3.07. The van der Waals surface area contributed by atoms with Crippen molar-refractivity contribution in [2.24, 2.45) is 0 Å². The van der Waals surface area contributed by atoms with Crippen molar-refractivity contribution in [2.45, 2.75) is 209 Å². The first-order chi connectivity index (χ1) is 31.8. The van der Waals surface area contributed by atoms with Crippen molar-refractivity contribution in [3.8, 4) is 23.0 Å². The molecule has 4 radical (unpaired) electrons. The molecule has 0 unspecified atom stereocenters. The molecule has 0 aliphatic carbocycles. The van der Waals surface area contributed by atoms with Crippen LogP contribution in [0, 0.1) is 0 Å². The van der Waals surface area contributed by atoms with Gasteiger partial charge in [-0.15, -0.1) is 0 Å². The van der Waals surface area contributed by atoms with Crippen LogP contribution in [0.5, 0.6) is 23.0 Å². The van der Waals surface area contributed by atoms with Crippen LogP contribution in [0.25, 0.3) is 0 Å². The van der Waals surface area contributed by atoms with Gasteiger partial charge in [-0.25, -0.2) is 19.2 Å². The molecule has 0 atom stereocenters. The summed E-state index contributed by atoms with van der Waals surface area (Å²) >= 11 is 0. The van der Waals surface area contributed by atoms with Crippen LogP contribution in [0.2, 0.25) is 0 Å². The van der Waals surface area contributed by atoms with Gasteiger partial charge in [-0.2, -0.15) is 0 Å². The van der Waals surface area contributed by atoms with Crippen LogP contribution < -0.4 is 20.4 Å². The molecule has 0 saturated heterocycles. The summed E-state index contributed by atoms with van der Waals surface area (Å²) < 4.78 is 0. The Kier molecular flexibility index (Phi) is 22.0. The SMILES string of the molecule is CC(C)(C)c1cc(C(=O)O)c([O-])c(C(C)(C)C)c1.CC(C)(C)c1cc(C(=O)O)c([O-])c(C(C)(C)C)c1.CC(C)(C)c1cc(C(=O)O)c([O-])c(C(C)(C)C)c1.CC(C)(C)c1cc(C(=O)O)c([O-])c(C(C)(C)C)c1.[Pb]. The van der Waals surface area contributed by atoms with Gasteiger partial charge in [0.2, 0.25) is 0 Å². The molecule has 0 fully saturated rings. The quantitative estimate of drug-likeness (QED) is 0.140. The average Bonchev–Trinajstić information content (AvgIpc) is 3.14. The summed E-state index contributed by atoms with van der Waals surface area (Å²) in [4.78, 5) is 44.7. The zero-order chi connectivity index (χ0) is 57.2. The first-order valence-corrected chi connectivity index (χ1v) is 24.1. The van der Waals surface area contributed by atoms with Gasteiger partial charge in [0.1, 0.15) is 0 Å². The van der Waals surface area contributed by atoms with Gasteiger partial charge in [-0.05, 0) is 112 Å². The Morgan fingerprint density at radius 1 is 0.274 bits per heavy atom. The number of hydrogen-bond acceptors (Lipinski definition) is 8. The molecule has 0 spiro atoms. The molecule has 0 aliphatic rings. The maximum atomic E-state index is 12.2. The third-order valence-corrected chi connectivity index (χ3v) is 12.0. The minimum absolute atomic E-state index is 0. The minimum atomic E-state index is -1.16. The Bertz CT molecular complexity index is 2270. The number of benzene rings is 4. The van der Waals surface area contributed by atoms with Crippen LogP contribution in [0.4, 0.5) is 0 Å². The molecule has 0 heterocycles. The summed E-state index contributed by atoms with van der Waals surface area (Å²) in [6.07, 6.45) is 0. The molecule has 4 aromatic rings. The number of hydrogen-bond donors (Lipinski definition) is 4. The van der Waals surface area contributed by atoms with E-state index in [0.29, 0.717) is 22.3 Å². The molecule has 12 nitrogen and oxygen atoms in total. The predicted octanol–water partition coefficient (Wildman–Crippen LogP) is 11.8. The summed E-state index contributed by atoms with van der Waals surface area (Å²) in [6, 6.07) is 13.4. The second kappa shape index (κ2) is 23.6. The smallest absolute Gasteiger partial charge is 0.335 e. The molecule has 73 heavy (non-hydrogen) atoms. The van der Waals surface area contributed by atoms with E-state index in [-0.39, 0.29) is 116 Å². The molecule has 404 valence electrons. The molecule has 4 N–H and O–H groups in total. The fourth-order valence-electron chi connectivity index (χ4n) is 7.11. The number of aromatic carboxylic acids is 4. The largest absolute Gasteiger partial charge is 0.872 e. The fraction of sp³-hybridized carbons (Fsp3) is 0.533. The van der Waals surface area contributed by atoms with E-state index in [1.807, 2.05) is 190 Å². The van der Waals surface area contributed by atoms with Crippen molar-refractivity contribution in [1.29, 1.82) is 0 Å². The van der Waals surface area contributed by atoms with E-state index in [1.165, 1.54) is 24.3 Å². The molecule has 4 aromatic carbocycles. The number of carbonyl (C=O) groups is 4. The van der Waals surface area contributed by atoms with Gasteiger partial charge in [0.15, 0.2) is 0 Å². The van der Waals surface area contributed by atoms with Crippen LogP contribution >= 0.6 is 0 Å². The molecule has 0 aromatic heterocycles.